The minimum Gasteiger partial charge on any atom is -0.354 e. The van der Waals surface area contributed by atoms with Crippen LogP contribution in [0.5, 0.6) is 0 Å². The van der Waals surface area contributed by atoms with E-state index < -0.39 is 28.5 Å². The Labute approximate surface area is 232 Å². The van der Waals surface area contributed by atoms with Gasteiger partial charge in [0.25, 0.3) is 0 Å². The normalized spacial score (nSPS) is 12.2. The molecule has 1 N–H and O–H groups in total. The van der Waals surface area contributed by atoms with E-state index in [0.717, 1.165) is 23.4 Å². The average Bonchev–Trinajstić information content (AvgIpc) is 2.80. The van der Waals surface area contributed by atoms with E-state index in [-0.39, 0.29) is 33.2 Å². The maximum absolute atomic E-state index is 13.7. The van der Waals surface area contributed by atoms with Crippen molar-refractivity contribution in [3.05, 3.63) is 62.1 Å². The van der Waals surface area contributed by atoms with Gasteiger partial charge in [0.1, 0.15) is 12.6 Å². The molecule has 2 aromatic rings. The van der Waals surface area contributed by atoms with Crippen LogP contribution in [0.15, 0.2) is 36.4 Å². The van der Waals surface area contributed by atoms with Gasteiger partial charge >= 0.3 is 0 Å². The van der Waals surface area contributed by atoms with Gasteiger partial charge in [-0.05, 0) is 36.6 Å². The van der Waals surface area contributed by atoms with Crippen molar-refractivity contribution in [2.45, 2.75) is 45.7 Å². The van der Waals surface area contributed by atoms with Gasteiger partial charge in [-0.25, -0.2) is 8.42 Å². The maximum atomic E-state index is 13.7. The molecule has 0 radical (unpaired) electrons. The first-order valence-electron chi connectivity index (χ1n) is 11.3. The molecule has 2 rings (SSSR count). The van der Waals surface area contributed by atoms with Gasteiger partial charge in [-0.2, -0.15) is 0 Å². The molecular formula is C24H29Cl4N3O4S. The maximum Gasteiger partial charge on any atom is 0.244 e. The predicted octanol–water partition coefficient (Wildman–Crippen LogP) is 5.79. The van der Waals surface area contributed by atoms with Crippen LogP contribution < -0.4 is 9.62 Å². The van der Waals surface area contributed by atoms with E-state index in [0.29, 0.717) is 23.6 Å². The summed E-state index contributed by atoms with van der Waals surface area (Å²) in [5.41, 5.74) is 0.617. The second-order valence-electron chi connectivity index (χ2n) is 8.17. The van der Waals surface area contributed by atoms with Crippen molar-refractivity contribution in [2.75, 3.05) is 23.7 Å². The van der Waals surface area contributed by atoms with E-state index in [9.17, 15) is 18.0 Å². The quantitative estimate of drug-likeness (QED) is 0.248. The minimum absolute atomic E-state index is 0.0000518. The monoisotopic (exact) mass is 595 g/mol. The van der Waals surface area contributed by atoms with Crippen molar-refractivity contribution in [1.29, 1.82) is 0 Å². The van der Waals surface area contributed by atoms with Crippen molar-refractivity contribution in [1.82, 2.24) is 10.2 Å². The third-order valence-electron chi connectivity index (χ3n) is 5.45. The molecule has 0 fully saturated rings. The number of amides is 2. The highest BCUT2D eigenvalue weighted by Gasteiger charge is 2.32. The molecule has 0 saturated carbocycles. The highest BCUT2D eigenvalue weighted by Crippen LogP contribution is 2.35. The van der Waals surface area contributed by atoms with Crippen LogP contribution in [0, 0.1) is 0 Å². The summed E-state index contributed by atoms with van der Waals surface area (Å²) >= 11 is 24.7. The zero-order valence-electron chi connectivity index (χ0n) is 20.2. The highest BCUT2D eigenvalue weighted by atomic mass is 35.5. The Morgan fingerprint density at radius 2 is 1.61 bits per heavy atom. The fourth-order valence-corrected chi connectivity index (χ4v) is 5.28. The van der Waals surface area contributed by atoms with Crippen LogP contribution in [0.2, 0.25) is 20.1 Å². The van der Waals surface area contributed by atoms with E-state index in [1.54, 1.807) is 31.2 Å². The highest BCUT2D eigenvalue weighted by molar-refractivity contribution is 7.92. The van der Waals surface area contributed by atoms with E-state index in [2.05, 4.69) is 5.32 Å². The number of benzene rings is 2. The number of sulfonamides is 1. The molecule has 2 amide bonds. The third-order valence-corrected chi connectivity index (χ3v) is 7.97. The molecule has 36 heavy (non-hydrogen) atoms. The van der Waals surface area contributed by atoms with Gasteiger partial charge in [0.15, 0.2) is 0 Å². The summed E-state index contributed by atoms with van der Waals surface area (Å²) in [5.74, 6) is -0.940. The SMILES string of the molecule is CCCCNC(=O)[C@@H](CC)N(Cc1ccccc1Cl)C(=O)CN(c1cc(Cl)c(Cl)cc1Cl)S(C)(=O)=O. The van der Waals surface area contributed by atoms with E-state index in [1.807, 2.05) is 6.92 Å². The number of halogens is 4. The van der Waals surface area contributed by atoms with Crippen molar-refractivity contribution < 1.29 is 18.0 Å². The first kappa shape index (κ1) is 30.5. The molecule has 0 aromatic heterocycles. The van der Waals surface area contributed by atoms with Crippen LogP contribution in [0.3, 0.4) is 0 Å². The fourth-order valence-electron chi connectivity index (χ4n) is 3.53. The lowest BCUT2D eigenvalue weighted by molar-refractivity contribution is -0.140. The van der Waals surface area contributed by atoms with Crippen LogP contribution in [0.1, 0.15) is 38.7 Å². The van der Waals surface area contributed by atoms with Gasteiger partial charge in [-0.1, -0.05) is 84.9 Å². The summed E-state index contributed by atoms with van der Waals surface area (Å²) in [7, 11) is -3.98. The summed E-state index contributed by atoms with van der Waals surface area (Å²) in [6.07, 6.45) is 2.94. The van der Waals surface area contributed by atoms with Gasteiger partial charge in [0, 0.05) is 18.1 Å². The largest absolute Gasteiger partial charge is 0.354 e. The predicted molar refractivity (Wildman–Crippen MR) is 148 cm³/mol. The van der Waals surface area contributed by atoms with E-state index in [1.165, 1.54) is 17.0 Å². The number of rotatable bonds is 12. The topological polar surface area (TPSA) is 86.8 Å². The summed E-state index contributed by atoms with van der Waals surface area (Å²) in [4.78, 5) is 28.1. The third kappa shape index (κ3) is 8.15. The van der Waals surface area contributed by atoms with E-state index >= 15 is 0 Å². The average molecular weight is 597 g/mol. The lowest BCUT2D eigenvalue weighted by Crippen LogP contribution is -2.52. The van der Waals surface area contributed by atoms with Crippen molar-refractivity contribution in [2.24, 2.45) is 0 Å². The molecule has 198 valence electrons. The van der Waals surface area contributed by atoms with Crippen molar-refractivity contribution >= 4 is 73.9 Å². The molecule has 0 heterocycles. The van der Waals surface area contributed by atoms with Gasteiger partial charge < -0.3 is 10.2 Å². The minimum atomic E-state index is -3.98. The Bertz CT molecular complexity index is 1190. The Morgan fingerprint density at radius 3 is 2.19 bits per heavy atom. The molecule has 0 unspecified atom stereocenters. The number of nitrogens with zero attached hydrogens (tertiary/aromatic N) is 2. The number of hydrogen-bond acceptors (Lipinski definition) is 4. The molecular weight excluding hydrogens is 568 g/mol. The van der Waals surface area contributed by atoms with Crippen LogP contribution >= 0.6 is 46.4 Å². The number of anilines is 1. The second-order valence-corrected chi connectivity index (χ2v) is 11.7. The Balaban J connectivity index is 2.48. The van der Waals surface area contributed by atoms with Gasteiger partial charge in [0.05, 0.1) is 27.0 Å². The molecule has 1 atom stereocenters. The molecule has 0 aliphatic heterocycles. The number of carbonyl (C=O) groups is 2. The Hall–Kier alpha value is -1.71. The van der Waals surface area contributed by atoms with Crippen molar-refractivity contribution in [3.63, 3.8) is 0 Å². The van der Waals surface area contributed by atoms with Gasteiger partial charge in [0.2, 0.25) is 21.8 Å². The summed E-state index contributed by atoms with van der Waals surface area (Å²) in [6, 6.07) is 8.69. The molecule has 12 heteroatoms. The molecule has 2 aromatic carbocycles. The zero-order valence-corrected chi connectivity index (χ0v) is 24.1. The molecule has 0 aliphatic carbocycles. The number of nitrogens with one attached hydrogen (secondary N) is 1. The zero-order chi connectivity index (χ0) is 27.0. The van der Waals surface area contributed by atoms with Gasteiger partial charge in [-0.3, -0.25) is 13.9 Å². The number of carbonyl (C=O) groups excluding carboxylic acids is 2. The number of hydrogen-bond donors (Lipinski definition) is 1. The number of unbranched alkanes of at least 4 members (excludes halogenated alkanes) is 1. The standard InChI is InChI=1S/C24H29Cl4N3O4S/c1-4-6-11-29-24(33)21(5-2)30(14-16-9-7-8-10-17(16)25)23(32)15-31(36(3,34)35)22-13-19(27)18(26)12-20(22)28/h7-10,12-13,21H,4-6,11,14-15H2,1-3H3,(H,29,33)/t21-/m1/s1. The first-order chi connectivity index (χ1) is 16.9. The summed E-state index contributed by atoms with van der Waals surface area (Å²) in [5, 5.41) is 3.50. The Morgan fingerprint density at radius 1 is 0.972 bits per heavy atom. The van der Waals surface area contributed by atoms with Crippen LogP contribution in [-0.2, 0) is 26.2 Å². The van der Waals surface area contributed by atoms with Crippen molar-refractivity contribution in [3.8, 4) is 0 Å². The molecule has 7 nitrogen and oxygen atoms in total. The first-order valence-corrected chi connectivity index (χ1v) is 14.7. The van der Waals surface area contributed by atoms with Crippen LogP contribution in [0.25, 0.3) is 0 Å². The smallest absolute Gasteiger partial charge is 0.244 e. The molecule has 0 spiro atoms. The fraction of sp³-hybridized carbons (Fsp3) is 0.417. The van der Waals surface area contributed by atoms with Crippen LogP contribution in [-0.4, -0.2) is 50.5 Å². The van der Waals surface area contributed by atoms with Crippen LogP contribution in [0.4, 0.5) is 5.69 Å². The lowest BCUT2D eigenvalue weighted by Gasteiger charge is -2.33. The second kappa shape index (κ2) is 13.7. The summed E-state index contributed by atoms with van der Waals surface area (Å²) < 4.78 is 26.3. The van der Waals surface area contributed by atoms with E-state index in [4.69, 9.17) is 46.4 Å². The molecule has 0 aliphatic rings. The molecule has 0 bridgehead atoms. The summed E-state index contributed by atoms with van der Waals surface area (Å²) in [6.45, 7) is 3.64. The molecule has 0 saturated heterocycles. The Kier molecular flexibility index (Phi) is 11.6. The lowest BCUT2D eigenvalue weighted by atomic mass is 10.1. The van der Waals surface area contributed by atoms with Gasteiger partial charge in [-0.15, -0.1) is 0 Å².